The number of hydrogen-bond donors (Lipinski definition) is 1. The summed E-state index contributed by atoms with van der Waals surface area (Å²) in [6.07, 6.45) is 4.18. The van der Waals surface area contributed by atoms with Crippen molar-refractivity contribution in [1.82, 2.24) is 4.90 Å². The van der Waals surface area contributed by atoms with Gasteiger partial charge in [-0.3, -0.25) is 0 Å². The Hall–Kier alpha value is -0.0800. The van der Waals surface area contributed by atoms with Gasteiger partial charge in [-0.25, -0.2) is 0 Å². The molecule has 1 spiro atoms. The molecule has 0 aromatic rings. The molecule has 0 amide bonds. The second kappa shape index (κ2) is 2.71. The second-order valence-corrected chi connectivity index (χ2v) is 4.87. The normalized spacial score (nSPS) is 44.8. The Morgan fingerprint density at radius 2 is 2.33 bits per heavy atom. The van der Waals surface area contributed by atoms with Gasteiger partial charge in [-0.05, 0) is 51.1 Å². The van der Waals surface area contributed by atoms with Gasteiger partial charge in [0.2, 0.25) is 0 Å². The first-order chi connectivity index (χ1) is 5.64. The average molecular weight is 168 g/mol. The van der Waals surface area contributed by atoms with Gasteiger partial charge < -0.3 is 10.6 Å². The predicted molar refractivity (Wildman–Crippen MR) is 50.9 cm³/mol. The van der Waals surface area contributed by atoms with E-state index in [1.165, 1.54) is 32.4 Å². The number of nitrogens with two attached hydrogens (primary N) is 1. The van der Waals surface area contributed by atoms with Gasteiger partial charge in [0.25, 0.3) is 0 Å². The summed E-state index contributed by atoms with van der Waals surface area (Å²) in [5.74, 6) is 0.820. The van der Waals surface area contributed by atoms with E-state index in [0.29, 0.717) is 11.5 Å². The summed E-state index contributed by atoms with van der Waals surface area (Å²) in [7, 11) is 2.23. The fourth-order valence-electron chi connectivity index (χ4n) is 2.99. The van der Waals surface area contributed by atoms with Crippen LogP contribution in [-0.4, -0.2) is 31.1 Å². The Kier molecular flexibility index (Phi) is 1.92. The summed E-state index contributed by atoms with van der Waals surface area (Å²) in [6.45, 7) is 4.74. The van der Waals surface area contributed by atoms with E-state index in [9.17, 15) is 0 Å². The van der Waals surface area contributed by atoms with Gasteiger partial charge in [-0.1, -0.05) is 0 Å². The Morgan fingerprint density at radius 1 is 1.58 bits per heavy atom. The van der Waals surface area contributed by atoms with Crippen molar-refractivity contribution in [2.24, 2.45) is 17.1 Å². The molecule has 0 radical (unpaired) electrons. The highest BCUT2D eigenvalue weighted by Gasteiger charge is 2.56. The first-order valence-corrected chi connectivity index (χ1v) is 5.08. The maximum absolute atomic E-state index is 5.93. The van der Waals surface area contributed by atoms with Crippen molar-refractivity contribution in [3.63, 3.8) is 0 Å². The Balaban J connectivity index is 1.96. The minimum Gasteiger partial charge on any atom is -0.328 e. The van der Waals surface area contributed by atoms with Gasteiger partial charge >= 0.3 is 0 Å². The van der Waals surface area contributed by atoms with Gasteiger partial charge in [-0.2, -0.15) is 0 Å². The molecule has 12 heavy (non-hydrogen) atoms. The topological polar surface area (TPSA) is 29.3 Å². The molecule has 70 valence electrons. The second-order valence-electron chi connectivity index (χ2n) is 4.87. The van der Waals surface area contributed by atoms with Crippen molar-refractivity contribution in [2.75, 3.05) is 20.1 Å². The van der Waals surface area contributed by atoms with Gasteiger partial charge in [0.05, 0.1) is 0 Å². The molecular formula is C10H20N2. The first-order valence-electron chi connectivity index (χ1n) is 5.08. The van der Waals surface area contributed by atoms with Crippen molar-refractivity contribution in [2.45, 2.75) is 32.2 Å². The lowest BCUT2D eigenvalue weighted by atomic mass is 9.91. The smallest absolute Gasteiger partial charge is 0.00447 e. The van der Waals surface area contributed by atoms with Crippen LogP contribution < -0.4 is 5.73 Å². The fourth-order valence-corrected chi connectivity index (χ4v) is 2.99. The molecule has 1 heterocycles. The van der Waals surface area contributed by atoms with Crippen molar-refractivity contribution in [1.29, 1.82) is 0 Å². The van der Waals surface area contributed by atoms with E-state index in [1.807, 2.05) is 0 Å². The molecule has 0 aromatic heterocycles. The largest absolute Gasteiger partial charge is 0.328 e. The summed E-state index contributed by atoms with van der Waals surface area (Å²) < 4.78 is 0. The number of likely N-dealkylation sites (tertiary alicyclic amines) is 1. The molecule has 1 aliphatic heterocycles. The van der Waals surface area contributed by atoms with E-state index in [0.717, 1.165) is 5.92 Å². The minimum atomic E-state index is 0.413. The van der Waals surface area contributed by atoms with Crippen LogP contribution in [0.1, 0.15) is 26.2 Å². The maximum atomic E-state index is 5.93. The standard InChI is InChI=1S/C10H20N2/c1-8(11)9-6-10(9)4-3-5-12(2)7-10/h8-9H,3-7,11H2,1-2H3. The maximum Gasteiger partial charge on any atom is 0.00447 e. The highest BCUT2D eigenvalue weighted by atomic mass is 15.1. The molecule has 1 aliphatic carbocycles. The molecular weight excluding hydrogens is 148 g/mol. The molecule has 3 unspecified atom stereocenters. The molecule has 2 heteroatoms. The van der Waals surface area contributed by atoms with Crippen LogP contribution in [0, 0.1) is 11.3 Å². The van der Waals surface area contributed by atoms with Crippen LogP contribution in [0.5, 0.6) is 0 Å². The van der Waals surface area contributed by atoms with Crippen molar-refractivity contribution < 1.29 is 0 Å². The summed E-state index contributed by atoms with van der Waals surface area (Å²) in [6, 6.07) is 0.413. The molecule has 2 nitrogen and oxygen atoms in total. The van der Waals surface area contributed by atoms with E-state index in [2.05, 4.69) is 18.9 Å². The first kappa shape index (κ1) is 8.52. The minimum absolute atomic E-state index is 0.413. The van der Waals surface area contributed by atoms with Crippen LogP contribution in [0.4, 0.5) is 0 Å². The molecule has 1 saturated carbocycles. The van der Waals surface area contributed by atoms with Crippen LogP contribution in [0.15, 0.2) is 0 Å². The van der Waals surface area contributed by atoms with E-state index < -0.39 is 0 Å². The van der Waals surface area contributed by atoms with E-state index >= 15 is 0 Å². The molecule has 1 saturated heterocycles. The van der Waals surface area contributed by atoms with Crippen molar-refractivity contribution in [3.8, 4) is 0 Å². The summed E-state index contributed by atoms with van der Waals surface area (Å²) in [4.78, 5) is 2.46. The molecule has 2 N–H and O–H groups in total. The molecule has 0 bridgehead atoms. The zero-order valence-corrected chi connectivity index (χ0v) is 8.21. The molecule has 0 aromatic carbocycles. The van der Waals surface area contributed by atoms with E-state index in [1.54, 1.807) is 0 Å². The molecule has 2 fully saturated rings. The quantitative estimate of drug-likeness (QED) is 0.634. The number of nitrogens with zero attached hydrogens (tertiary/aromatic N) is 1. The Morgan fingerprint density at radius 3 is 2.83 bits per heavy atom. The van der Waals surface area contributed by atoms with Crippen LogP contribution in [0.2, 0.25) is 0 Å². The highest BCUT2D eigenvalue weighted by Crippen LogP contribution is 2.58. The van der Waals surface area contributed by atoms with E-state index in [4.69, 9.17) is 5.73 Å². The predicted octanol–water partition coefficient (Wildman–Crippen LogP) is 1.07. The zero-order chi connectivity index (χ0) is 8.77. The summed E-state index contributed by atoms with van der Waals surface area (Å²) in [5.41, 5.74) is 6.57. The number of piperidine rings is 1. The van der Waals surface area contributed by atoms with E-state index in [-0.39, 0.29) is 0 Å². The van der Waals surface area contributed by atoms with Crippen LogP contribution >= 0.6 is 0 Å². The monoisotopic (exact) mass is 168 g/mol. The third-order valence-electron chi connectivity index (χ3n) is 3.69. The van der Waals surface area contributed by atoms with Crippen LogP contribution in [0.25, 0.3) is 0 Å². The van der Waals surface area contributed by atoms with Crippen LogP contribution in [-0.2, 0) is 0 Å². The molecule has 2 aliphatic rings. The number of hydrogen-bond acceptors (Lipinski definition) is 2. The third-order valence-corrected chi connectivity index (χ3v) is 3.69. The van der Waals surface area contributed by atoms with Gasteiger partial charge in [-0.15, -0.1) is 0 Å². The summed E-state index contributed by atoms with van der Waals surface area (Å²) >= 11 is 0. The lowest BCUT2D eigenvalue weighted by Crippen LogP contribution is -2.36. The molecule has 3 atom stereocenters. The Bertz CT molecular complexity index is 179. The fraction of sp³-hybridized carbons (Fsp3) is 1.00. The number of rotatable bonds is 1. The van der Waals surface area contributed by atoms with Gasteiger partial charge in [0, 0.05) is 12.6 Å². The zero-order valence-electron chi connectivity index (χ0n) is 8.21. The lowest BCUT2D eigenvalue weighted by molar-refractivity contribution is 0.177. The third kappa shape index (κ3) is 1.27. The summed E-state index contributed by atoms with van der Waals surface area (Å²) in [5, 5.41) is 0. The van der Waals surface area contributed by atoms with Crippen molar-refractivity contribution in [3.05, 3.63) is 0 Å². The van der Waals surface area contributed by atoms with Gasteiger partial charge in [0.1, 0.15) is 0 Å². The van der Waals surface area contributed by atoms with Crippen molar-refractivity contribution >= 4 is 0 Å². The van der Waals surface area contributed by atoms with Gasteiger partial charge in [0.15, 0.2) is 0 Å². The Labute approximate surface area is 75.1 Å². The highest BCUT2D eigenvalue weighted by molar-refractivity contribution is 5.08. The van der Waals surface area contributed by atoms with Crippen LogP contribution in [0.3, 0.4) is 0 Å². The molecule has 2 rings (SSSR count). The SMILES string of the molecule is CC(N)C1CC12CCCN(C)C2. The average Bonchev–Trinajstić information content (AvgIpc) is 2.63. The lowest BCUT2D eigenvalue weighted by Gasteiger charge is -2.31.